The highest BCUT2D eigenvalue weighted by molar-refractivity contribution is 7.89. The molecule has 0 radical (unpaired) electrons. The lowest BCUT2D eigenvalue weighted by Gasteiger charge is -1.99. The molecule has 0 aliphatic heterocycles. The lowest BCUT2D eigenvalue weighted by atomic mass is 10.2. The third-order valence-corrected chi connectivity index (χ3v) is 2.55. The molecule has 1 rings (SSSR count). The van der Waals surface area contributed by atoms with Crippen molar-refractivity contribution in [2.75, 3.05) is 0 Å². The highest BCUT2D eigenvalue weighted by Gasteiger charge is 2.10. The highest BCUT2D eigenvalue weighted by Crippen LogP contribution is 2.11. The molecule has 0 saturated heterocycles. The maximum Gasteiger partial charge on any atom is 0.239 e. The number of sulfonamides is 1. The van der Waals surface area contributed by atoms with E-state index in [0.717, 1.165) is 0 Å². The molecule has 0 fully saturated rings. The van der Waals surface area contributed by atoms with E-state index in [1.807, 2.05) is 6.07 Å². The van der Waals surface area contributed by atoms with E-state index in [-0.39, 0.29) is 11.3 Å². The molecule has 0 aliphatic carbocycles. The smallest absolute Gasteiger partial charge is 0.225 e. The van der Waals surface area contributed by atoms with Gasteiger partial charge in [-0.3, -0.25) is 0 Å². The SMILES string of the molecule is N#CCC#Cc1ccccc1S(N)(=O)=O. The molecule has 0 aliphatic rings. The summed E-state index contributed by atoms with van der Waals surface area (Å²) in [5.41, 5.74) is 0.315. The first-order valence-corrected chi connectivity index (χ1v) is 5.58. The quantitative estimate of drug-likeness (QED) is 0.703. The molecule has 0 unspecified atom stereocenters. The van der Waals surface area contributed by atoms with Crippen LogP contribution >= 0.6 is 0 Å². The van der Waals surface area contributed by atoms with E-state index in [1.165, 1.54) is 6.07 Å². The van der Waals surface area contributed by atoms with Crippen molar-refractivity contribution >= 4 is 10.0 Å². The van der Waals surface area contributed by atoms with Gasteiger partial charge in [0.05, 0.1) is 17.4 Å². The average molecular weight is 220 g/mol. The Morgan fingerprint density at radius 1 is 1.33 bits per heavy atom. The number of nitrogens with two attached hydrogens (primary N) is 1. The molecule has 15 heavy (non-hydrogen) atoms. The van der Waals surface area contributed by atoms with E-state index in [2.05, 4.69) is 11.8 Å². The fraction of sp³-hybridized carbons (Fsp3) is 0.100. The van der Waals surface area contributed by atoms with Crippen molar-refractivity contribution in [2.24, 2.45) is 5.14 Å². The summed E-state index contributed by atoms with van der Waals surface area (Å²) in [5.74, 6) is 5.12. The molecule has 0 spiro atoms. The molecule has 1 aromatic carbocycles. The fourth-order valence-electron chi connectivity index (χ4n) is 0.997. The first-order valence-electron chi connectivity index (χ1n) is 4.03. The van der Waals surface area contributed by atoms with Gasteiger partial charge in [0.2, 0.25) is 10.0 Å². The van der Waals surface area contributed by atoms with Crippen molar-refractivity contribution in [3.05, 3.63) is 29.8 Å². The van der Waals surface area contributed by atoms with Crippen LogP contribution in [-0.4, -0.2) is 8.42 Å². The van der Waals surface area contributed by atoms with E-state index >= 15 is 0 Å². The van der Waals surface area contributed by atoms with Gasteiger partial charge in [0.15, 0.2) is 0 Å². The number of rotatable bonds is 1. The monoisotopic (exact) mass is 220 g/mol. The Balaban J connectivity index is 3.23. The van der Waals surface area contributed by atoms with Gasteiger partial charge >= 0.3 is 0 Å². The number of nitriles is 1. The van der Waals surface area contributed by atoms with Crippen LogP contribution in [0.1, 0.15) is 12.0 Å². The molecule has 0 aromatic heterocycles. The Hall–Kier alpha value is -1.82. The van der Waals surface area contributed by atoms with E-state index < -0.39 is 10.0 Å². The maximum absolute atomic E-state index is 11.1. The lowest BCUT2D eigenvalue weighted by molar-refractivity contribution is 0.597. The summed E-state index contributed by atoms with van der Waals surface area (Å²) in [5, 5.41) is 13.3. The van der Waals surface area contributed by atoms with Crippen molar-refractivity contribution in [1.82, 2.24) is 0 Å². The molecule has 1 aromatic rings. The average Bonchev–Trinajstić information content (AvgIpc) is 2.17. The first-order chi connectivity index (χ1) is 7.05. The van der Waals surface area contributed by atoms with Gasteiger partial charge in [0.1, 0.15) is 0 Å². The van der Waals surface area contributed by atoms with Gasteiger partial charge in [-0.25, -0.2) is 13.6 Å². The number of hydrogen-bond donors (Lipinski definition) is 1. The largest absolute Gasteiger partial charge is 0.239 e. The van der Waals surface area contributed by atoms with E-state index in [9.17, 15) is 8.42 Å². The zero-order chi connectivity index (χ0) is 11.3. The Kier molecular flexibility index (Phi) is 3.46. The summed E-state index contributed by atoms with van der Waals surface area (Å²) >= 11 is 0. The van der Waals surface area contributed by atoms with Crippen molar-refractivity contribution in [2.45, 2.75) is 11.3 Å². The summed E-state index contributed by atoms with van der Waals surface area (Å²) < 4.78 is 22.3. The molecular weight excluding hydrogens is 212 g/mol. The Morgan fingerprint density at radius 3 is 2.60 bits per heavy atom. The van der Waals surface area contributed by atoms with Crippen LogP contribution in [0.4, 0.5) is 0 Å². The van der Waals surface area contributed by atoms with E-state index in [1.54, 1.807) is 18.2 Å². The summed E-state index contributed by atoms with van der Waals surface area (Å²) in [6, 6.07) is 7.99. The third-order valence-electron chi connectivity index (χ3n) is 1.58. The summed E-state index contributed by atoms with van der Waals surface area (Å²) in [4.78, 5) is -0.0181. The maximum atomic E-state index is 11.1. The minimum absolute atomic E-state index is 0.0181. The highest BCUT2D eigenvalue weighted by atomic mass is 32.2. The molecular formula is C10H8N2O2S. The van der Waals surface area contributed by atoms with Crippen LogP contribution in [0.25, 0.3) is 0 Å². The van der Waals surface area contributed by atoms with Crippen molar-refractivity contribution < 1.29 is 8.42 Å². The molecule has 76 valence electrons. The van der Waals surface area contributed by atoms with Crippen molar-refractivity contribution in [3.8, 4) is 17.9 Å². The van der Waals surface area contributed by atoms with Crippen molar-refractivity contribution in [3.63, 3.8) is 0 Å². The van der Waals surface area contributed by atoms with Gasteiger partial charge in [-0.2, -0.15) is 5.26 Å². The minimum atomic E-state index is -3.76. The van der Waals surface area contributed by atoms with Crippen LogP contribution in [0.2, 0.25) is 0 Å². The zero-order valence-corrected chi connectivity index (χ0v) is 8.58. The Labute approximate surface area is 88.4 Å². The zero-order valence-electron chi connectivity index (χ0n) is 7.77. The second-order valence-corrected chi connectivity index (χ2v) is 4.21. The number of primary sulfonamides is 1. The third kappa shape index (κ3) is 3.10. The van der Waals surface area contributed by atoms with Gasteiger partial charge in [-0.1, -0.05) is 24.0 Å². The molecule has 0 atom stereocenters. The van der Waals surface area contributed by atoms with Crippen LogP contribution in [0.15, 0.2) is 29.2 Å². The second-order valence-electron chi connectivity index (χ2n) is 2.68. The molecule has 0 saturated carbocycles. The van der Waals surface area contributed by atoms with Crippen LogP contribution < -0.4 is 5.14 Å². The predicted octanol–water partition coefficient (Wildman–Crippen LogP) is 0.599. The number of nitrogens with zero attached hydrogens (tertiary/aromatic N) is 1. The van der Waals surface area contributed by atoms with Gasteiger partial charge < -0.3 is 0 Å². The van der Waals surface area contributed by atoms with Gasteiger partial charge in [-0.15, -0.1) is 0 Å². The molecule has 0 amide bonds. The van der Waals surface area contributed by atoms with Crippen molar-refractivity contribution in [1.29, 1.82) is 5.26 Å². The van der Waals surface area contributed by atoms with E-state index in [0.29, 0.717) is 5.56 Å². The fourth-order valence-corrected chi connectivity index (χ4v) is 1.69. The minimum Gasteiger partial charge on any atom is -0.225 e. The van der Waals surface area contributed by atoms with Crippen LogP contribution in [0.5, 0.6) is 0 Å². The summed E-state index contributed by atoms with van der Waals surface area (Å²) in [6.45, 7) is 0. The van der Waals surface area contributed by atoms with Gasteiger partial charge in [-0.05, 0) is 12.1 Å². The molecule has 0 heterocycles. The second kappa shape index (κ2) is 4.61. The summed E-state index contributed by atoms with van der Waals surface area (Å²) in [6.07, 6.45) is 0.0545. The molecule has 4 nitrogen and oxygen atoms in total. The molecule has 2 N–H and O–H groups in total. The first kappa shape index (κ1) is 11.3. The molecule has 5 heteroatoms. The van der Waals surface area contributed by atoms with Gasteiger partial charge in [0.25, 0.3) is 0 Å². The van der Waals surface area contributed by atoms with Crippen LogP contribution in [0, 0.1) is 23.2 Å². The lowest BCUT2D eigenvalue weighted by Crippen LogP contribution is -2.13. The van der Waals surface area contributed by atoms with E-state index in [4.69, 9.17) is 10.4 Å². The predicted molar refractivity (Wildman–Crippen MR) is 54.9 cm³/mol. The Morgan fingerprint density at radius 2 is 2.00 bits per heavy atom. The topological polar surface area (TPSA) is 83.9 Å². The van der Waals surface area contributed by atoms with Crippen LogP contribution in [0.3, 0.4) is 0 Å². The Bertz CT molecular complexity index is 559. The number of hydrogen-bond acceptors (Lipinski definition) is 3. The standard InChI is InChI=1S/C10H8N2O2S/c11-8-4-3-6-9-5-1-2-7-10(9)15(12,13)14/h1-2,5,7H,4H2,(H2,12,13,14). The summed E-state index contributed by atoms with van der Waals surface area (Å²) in [7, 11) is -3.76. The molecule has 0 bridgehead atoms. The van der Waals surface area contributed by atoms with Crippen LogP contribution in [-0.2, 0) is 10.0 Å². The normalized spacial score (nSPS) is 9.87. The number of benzene rings is 1. The van der Waals surface area contributed by atoms with Gasteiger partial charge in [0, 0.05) is 5.56 Å².